The van der Waals surface area contributed by atoms with E-state index in [1.807, 2.05) is 39.0 Å². The number of rotatable bonds is 1. The van der Waals surface area contributed by atoms with E-state index in [0.29, 0.717) is 22.3 Å². The summed E-state index contributed by atoms with van der Waals surface area (Å²) in [5.74, 6) is -0.529. The highest BCUT2D eigenvalue weighted by Gasteiger charge is 2.25. The van der Waals surface area contributed by atoms with Crippen molar-refractivity contribution in [2.45, 2.75) is 52.4 Å². The van der Waals surface area contributed by atoms with E-state index in [4.69, 9.17) is 0 Å². The first-order chi connectivity index (χ1) is 13.0. The van der Waals surface area contributed by atoms with Crippen LogP contribution in [0, 0.1) is 11.6 Å². The number of aromatic nitrogens is 2. The highest BCUT2D eigenvalue weighted by atomic mass is 19.1. The van der Waals surface area contributed by atoms with Gasteiger partial charge in [-0.15, -0.1) is 0 Å². The summed E-state index contributed by atoms with van der Waals surface area (Å²) in [6.45, 7) is 12.3. The molecular weight excluding hydrogens is 354 g/mol. The smallest absolute Gasteiger partial charge is 0.156 e. The molecule has 0 unspecified atom stereocenters. The van der Waals surface area contributed by atoms with Gasteiger partial charge in [-0.05, 0) is 46.7 Å². The fourth-order valence-corrected chi connectivity index (χ4v) is 4.10. The third-order valence-electron chi connectivity index (χ3n) is 5.38. The number of nitrogens with one attached hydrogen (secondary N) is 2. The highest BCUT2D eigenvalue weighted by molar-refractivity contribution is 5.93. The predicted molar refractivity (Wildman–Crippen MR) is 113 cm³/mol. The van der Waals surface area contributed by atoms with Crippen LogP contribution in [0.25, 0.3) is 33.1 Å². The Morgan fingerprint density at radius 3 is 2.18 bits per heavy atom. The summed E-state index contributed by atoms with van der Waals surface area (Å²) in [5, 5.41) is 1.69. The maximum Gasteiger partial charge on any atom is 0.156 e. The van der Waals surface area contributed by atoms with E-state index in [2.05, 4.69) is 30.7 Å². The van der Waals surface area contributed by atoms with Gasteiger partial charge in [0, 0.05) is 39.3 Å². The van der Waals surface area contributed by atoms with Crippen molar-refractivity contribution in [1.82, 2.24) is 9.97 Å². The Morgan fingerprint density at radius 2 is 1.54 bits per heavy atom. The monoisotopic (exact) mass is 380 g/mol. The Bertz CT molecular complexity index is 1200. The Morgan fingerprint density at radius 1 is 0.821 bits per heavy atom. The van der Waals surface area contributed by atoms with E-state index >= 15 is 4.39 Å². The number of hydrogen-bond acceptors (Lipinski definition) is 0. The second kappa shape index (κ2) is 5.94. The topological polar surface area (TPSA) is 31.6 Å². The van der Waals surface area contributed by atoms with Gasteiger partial charge in [-0.2, -0.15) is 0 Å². The van der Waals surface area contributed by atoms with Crippen molar-refractivity contribution in [3.63, 3.8) is 0 Å². The molecule has 0 radical (unpaired) electrons. The zero-order valence-electron chi connectivity index (χ0n) is 17.2. The van der Waals surface area contributed by atoms with E-state index in [-0.39, 0.29) is 22.5 Å². The molecule has 0 spiro atoms. The molecule has 4 rings (SSSR count). The van der Waals surface area contributed by atoms with Crippen LogP contribution in [0.15, 0.2) is 36.5 Å². The Labute approximate surface area is 164 Å². The van der Waals surface area contributed by atoms with Gasteiger partial charge in [0.1, 0.15) is 5.82 Å². The van der Waals surface area contributed by atoms with Gasteiger partial charge in [0.15, 0.2) is 5.82 Å². The van der Waals surface area contributed by atoms with E-state index in [0.717, 1.165) is 21.9 Å². The van der Waals surface area contributed by atoms with Crippen molar-refractivity contribution in [2.75, 3.05) is 0 Å². The first kappa shape index (κ1) is 18.7. The zero-order valence-corrected chi connectivity index (χ0v) is 17.2. The normalized spacial score (nSPS) is 13.0. The Hall–Kier alpha value is -2.62. The van der Waals surface area contributed by atoms with E-state index in [9.17, 15) is 4.39 Å². The van der Waals surface area contributed by atoms with Crippen LogP contribution < -0.4 is 0 Å². The van der Waals surface area contributed by atoms with Crippen molar-refractivity contribution in [3.05, 3.63) is 59.3 Å². The third kappa shape index (κ3) is 2.83. The minimum atomic E-state index is -0.360. The summed E-state index contributed by atoms with van der Waals surface area (Å²) < 4.78 is 30.0. The number of fused-ring (bicyclic) bond motifs is 2. The summed E-state index contributed by atoms with van der Waals surface area (Å²) in [6, 6.07) is 8.91. The number of hydrogen-bond donors (Lipinski definition) is 2. The number of aromatic amines is 2. The second-order valence-corrected chi connectivity index (χ2v) is 9.62. The molecule has 2 heterocycles. The fourth-order valence-electron chi connectivity index (χ4n) is 4.10. The minimum Gasteiger partial charge on any atom is -0.359 e. The average molecular weight is 380 g/mol. The van der Waals surface area contributed by atoms with Crippen LogP contribution in [0.2, 0.25) is 0 Å². The Kier molecular flexibility index (Phi) is 3.97. The van der Waals surface area contributed by atoms with Crippen LogP contribution >= 0.6 is 0 Å². The van der Waals surface area contributed by atoms with Crippen LogP contribution in [0.1, 0.15) is 52.7 Å². The Balaban J connectivity index is 2.04. The summed E-state index contributed by atoms with van der Waals surface area (Å²) in [5.41, 5.74) is 3.68. The summed E-state index contributed by atoms with van der Waals surface area (Å²) >= 11 is 0. The van der Waals surface area contributed by atoms with Gasteiger partial charge in [-0.1, -0.05) is 41.5 Å². The lowest BCUT2D eigenvalue weighted by molar-refractivity contribution is 0.528. The van der Waals surface area contributed by atoms with Crippen molar-refractivity contribution in [1.29, 1.82) is 0 Å². The van der Waals surface area contributed by atoms with Gasteiger partial charge in [0.25, 0.3) is 0 Å². The lowest BCUT2D eigenvalue weighted by Crippen LogP contribution is -2.13. The van der Waals surface area contributed by atoms with Gasteiger partial charge in [0.05, 0.1) is 5.52 Å². The van der Waals surface area contributed by atoms with E-state index in [1.54, 1.807) is 12.3 Å². The molecule has 0 atom stereocenters. The second-order valence-electron chi connectivity index (χ2n) is 9.62. The summed E-state index contributed by atoms with van der Waals surface area (Å²) in [4.78, 5) is 6.35. The van der Waals surface area contributed by atoms with Gasteiger partial charge >= 0.3 is 0 Å². The molecule has 146 valence electrons. The minimum absolute atomic E-state index is 0.141. The van der Waals surface area contributed by atoms with Gasteiger partial charge < -0.3 is 9.97 Å². The third-order valence-corrected chi connectivity index (χ3v) is 5.38. The molecule has 0 aliphatic carbocycles. The predicted octanol–water partition coefficient (Wildman–Crippen LogP) is 7.19. The standard InChI is InChI=1S/C24H26F2N2/c1-23(2,3)16-11-15(21(26)22-13(16)9-10-27-22)19-12-14-18(28-19)8-7-17(25)20(14)24(4,5)6/h7-12,27-28H,1-6H3. The molecule has 0 fully saturated rings. The van der Waals surface area contributed by atoms with Gasteiger partial charge in [-0.3, -0.25) is 0 Å². The van der Waals surface area contributed by atoms with Crippen LogP contribution in [0.4, 0.5) is 8.78 Å². The zero-order chi connectivity index (χ0) is 20.4. The van der Waals surface area contributed by atoms with Crippen LogP contribution in [0.3, 0.4) is 0 Å². The number of H-pyrrole nitrogens is 2. The van der Waals surface area contributed by atoms with Crippen LogP contribution in [-0.4, -0.2) is 9.97 Å². The molecule has 0 saturated carbocycles. The number of halogens is 2. The SMILES string of the molecule is CC(C)(C)c1c(F)ccc2[nH]c(-c3cc(C(C)(C)C)c4cc[nH]c4c3F)cc12. The van der Waals surface area contributed by atoms with Crippen LogP contribution in [0.5, 0.6) is 0 Å². The van der Waals surface area contributed by atoms with Gasteiger partial charge in [0.2, 0.25) is 0 Å². The fraction of sp³-hybridized carbons (Fsp3) is 0.333. The molecule has 0 aliphatic rings. The van der Waals surface area contributed by atoms with Crippen molar-refractivity contribution in [3.8, 4) is 11.3 Å². The largest absolute Gasteiger partial charge is 0.359 e. The first-order valence-corrected chi connectivity index (χ1v) is 9.60. The summed E-state index contributed by atoms with van der Waals surface area (Å²) in [7, 11) is 0. The maximum absolute atomic E-state index is 15.4. The molecule has 2 aromatic carbocycles. The molecule has 2 aromatic heterocycles. The van der Waals surface area contributed by atoms with Gasteiger partial charge in [-0.25, -0.2) is 8.78 Å². The maximum atomic E-state index is 15.4. The van der Waals surface area contributed by atoms with Crippen LogP contribution in [-0.2, 0) is 10.8 Å². The average Bonchev–Trinajstić information content (AvgIpc) is 3.19. The summed E-state index contributed by atoms with van der Waals surface area (Å²) in [6.07, 6.45) is 1.77. The molecule has 4 aromatic rings. The van der Waals surface area contributed by atoms with E-state index in [1.165, 1.54) is 6.07 Å². The quantitative estimate of drug-likeness (QED) is 0.350. The highest BCUT2D eigenvalue weighted by Crippen LogP contribution is 2.39. The number of benzene rings is 2. The molecule has 0 amide bonds. The van der Waals surface area contributed by atoms with Crippen molar-refractivity contribution < 1.29 is 8.78 Å². The first-order valence-electron chi connectivity index (χ1n) is 9.60. The van der Waals surface area contributed by atoms with Crippen molar-refractivity contribution in [2.24, 2.45) is 0 Å². The van der Waals surface area contributed by atoms with Crippen molar-refractivity contribution >= 4 is 21.8 Å². The molecule has 0 saturated heterocycles. The molecule has 28 heavy (non-hydrogen) atoms. The molecular formula is C24H26F2N2. The lowest BCUT2D eigenvalue weighted by atomic mass is 9.83. The molecule has 0 bridgehead atoms. The molecule has 4 heteroatoms. The van der Waals surface area contributed by atoms with E-state index < -0.39 is 0 Å². The molecule has 0 aliphatic heterocycles. The lowest BCUT2D eigenvalue weighted by Gasteiger charge is -2.22. The molecule has 2 nitrogen and oxygen atoms in total. The molecule has 2 N–H and O–H groups in total.